The Labute approximate surface area is 124 Å². The van der Waals surface area contributed by atoms with E-state index < -0.39 is 11.7 Å². The number of piperidine rings is 1. The van der Waals surface area contributed by atoms with Crippen molar-refractivity contribution >= 4 is 0 Å². The summed E-state index contributed by atoms with van der Waals surface area (Å²) in [4.78, 5) is 2.41. The van der Waals surface area contributed by atoms with Gasteiger partial charge in [0.05, 0.1) is 5.56 Å². The van der Waals surface area contributed by atoms with Crippen LogP contribution in [0.1, 0.15) is 37.3 Å². The van der Waals surface area contributed by atoms with Gasteiger partial charge in [0.1, 0.15) is 0 Å². The van der Waals surface area contributed by atoms with Gasteiger partial charge in [-0.15, -0.1) is 0 Å². The molecule has 1 fully saturated rings. The monoisotopic (exact) mass is 300 g/mol. The van der Waals surface area contributed by atoms with Gasteiger partial charge in [0.2, 0.25) is 0 Å². The fourth-order valence-corrected chi connectivity index (χ4v) is 2.85. The smallest absolute Gasteiger partial charge is 0.311 e. The number of hydrogen-bond donors (Lipinski definition) is 1. The van der Waals surface area contributed by atoms with Crippen LogP contribution < -0.4 is 5.32 Å². The quantitative estimate of drug-likeness (QED) is 0.892. The predicted molar refractivity (Wildman–Crippen MR) is 78.0 cm³/mol. The summed E-state index contributed by atoms with van der Waals surface area (Å²) in [5.74, 6) is 0. The Morgan fingerprint density at radius 3 is 2.48 bits per heavy atom. The molecule has 1 aromatic carbocycles. The number of halogens is 3. The highest BCUT2D eigenvalue weighted by molar-refractivity contribution is 5.29. The number of benzene rings is 1. The van der Waals surface area contributed by atoms with E-state index in [-0.39, 0.29) is 6.54 Å². The Kier molecular flexibility index (Phi) is 5.65. The first-order valence-corrected chi connectivity index (χ1v) is 7.58. The van der Waals surface area contributed by atoms with E-state index in [1.54, 1.807) is 12.1 Å². The number of hydrogen-bond acceptors (Lipinski definition) is 2. The molecule has 0 aromatic heterocycles. The highest BCUT2D eigenvalue weighted by Gasteiger charge is 2.32. The standard InChI is InChI=1S/C16H23F3N2/c1-13(21-9-5-2-6-10-21)11-20-12-14-7-3-4-8-15(14)16(17,18)19/h3-4,7-8,13,20H,2,5-6,9-12H2,1H3. The van der Waals surface area contributed by atoms with Crippen molar-refractivity contribution in [3.05, 3.63) is 35.4 Å². The van der Waals surface area contributed by atoms with Crippen molar-refractivity contribution in [2.75, 3.05) is 19.6 Å². The predicted octanol–water partition coefficient (Wildman–Crippen LogP) is 3.67. The van der Waals surface area contributed by atoms with Gasteiger partial charge in [-0.3, -0.25) is 4.90 Å². The molecule has 0 saturated carbocycles. The van der Waals surface area contributed by atoms with Crippen LogP contribution in [-0.4, -0.2) is 30.6 Å². The summed E-state index contributed by atoms with van der Waals surface area (Å²) in [6.45, 7) is 5.30. The highest BCUT2D eigenvalue weighted by atomic mass is 19.4. The molecule has 5 heteroatoms. The lowest BCUT2D eigenvalue weighted by atomic mass is 10.1. The molecule has 1 aromatic rings. The van der Waals surface area contributed by atoms with Gasteiger partial charge in [-0.1, -0.05) is 24.6 Å². The van der Waals surface area contributed by atoms with E-state index >= 15 is 0 Å². The largest absolute Gasteiger partial charge is 0.416 e. The molecule has 2 nitrogen and oxygen atoms in total. The zero-order chi connectivity index (χ0) is 15.3. The Balaban J connectivity index is 1.86. The number of nitrogens with one attached hydrogen (secondary N) is 1. The normalized spacial score (nSPS) is 18.7. The Morgan fingerprint density at radius 2 is 1.81 bits per heavy atom. The Bertz CT molecular complexity index is 439. The molecule has 0 bridgehead atoms. The Morgan fingerprint density at radius 1 is 1.14 bits per heavy atom. The van der Waals surface area contributed by atoms with Crippen molar-refractivity contribution in [1.82, 2.24) is 10.2 Å². The molecule has 2 rings (SSSR count). The molecule has 1 saturated heterocycles. The average Bonchev–Trinajstić information content (AvgIpc) is 2.47. The van der Waals surface area contributed by atoms with Crippen LogP contribution in [0.3, 0.4) is 0 Å². The molecule has 0 aliphatic carbocycles. The van der Waals surface area contributed by atoms with Crippen LogP contribution in [0.4, 0.5) is 13.2 Å². The summed E-state index contributed by atoms with van der Waals surface area (Å²) in [5.41, 5.74) is -0.223. The summed E-state index contributed by atoms with van der Waals surface area (Å²) in [7, 11) is 0. The molecule has 0 amide bonds. The van der Waals surface area contributed by atoms with Crippen LogP contribution in [0.25, 0.3) is 0 Å². The second-order valence-electron chi connectivity index (χ2n) is 5.73. The third kappa shape index (κ3) is 4.71. The van der Waals surface area contributed by atoms with E-state index in [0.717, 1.165) is 19.2 Å². The number of likely N-dealkylation sites (tertiary alicyclic amines) is 1. The fraction of sp³-hybridized carbons (Fsp3) is 0.625. The van der Waals surface area contributed by atoms with Gasteiger partial charge in [-0.25, -0.2) is 0 Å². The van der Waals surface area contributed by atoms with E-state index in [2.05, 4.69) is 17.1 Å². The lowest BCUT2D eigenvalue weighted by Gasteiger charge is -2.32. The molecule has 0 radical (unpaired) electrons. The number of rotatable bonds is 5. The van der Waals surface area contributed by atoms with Crippen molar-refractivity contribution in [1.29, 1.82) is 0 Å². The maximum absolute atomic E-state index is 12.9. The van der Waals surface area contributed by atoms with E-state index in [1.165, 1.54) is 25.3 Å². The van der Waals surface area contributed by atoms with Crippen LogP contribution in [0.15, 0.2) is 24.3 Å². The van der Waals surface area contributed by atoms with Gasteiger partial charge in [0.25, 0.3) is 0 Å². The molecular weight excluding hydrogens is 277 g/mol. The molecule has 118 valence electrons. The van der Waals surface area contributed by atoms with E-state index in [0.29, 0.717) is 18.2 Å². The minimum absolute atomic E-state index is 0.258. The second-order valence-corrected chi connectivity index (χ2v) is 5.73. The molecule has 1 heterocycles. The molecular formula is C16H23F3N2. The molecule has 1 N–H and O–H groups in total. The molecule has 1 unspecified atom stereocenters. The lowest BCUT2D eigenvalue weighted by Crippen LogP contribution is -2.43. The summed E-state index contributed by atoms with van der Waals surface area (Å²) in [5, 5.41) is 3.17. The zero-order valence-corrected chi connectivity index (χ0v) is 12.4. The fourth-order valence-electron chi connectivity index (χ4n) is 2.85. The van der Waals surface area contributed by atoms with Crippen LogP contribution >= 0.6 is 0 Å². The number of alkyl halides is 3. The van der Waals surface area contributed by atoms with Crippen LogP contribution in [-0.2, 0) is 12.7 Å². The third-order valence-corrected chi connectivity index (χ3v) is 4.09. The SMILES string of the molecule is CC(CNCc1ccccc1C(F)(F)F)N1CCCCC1. The van der Waals surface area contributed by atoms with Crippen molar-refractivity contribution in [3.8, 4) is 0 Å². The minimum atomic E-state index is -4.28. The van der Waals surface area contributed by atoms with Crippen LogP contribution in [0.2, 0.25) is 0 Å². The van der Waals surface area contributed by atoms with Gasteiger partial charge < -0.3 is 5.32 Å². The zero-order valence-electron chi connectivity index (χ0n) is 12.4. The van der Waals surface area contributed by atoms with Gasteiger partial charge in [0.15, 0.2) is 0 Å². The maximum Gasteiger partial charge on any atom is 0.416 e. The van der Waals surface area contributed by atoms with Crippen molar-refractivity contribution in [2.24, 2.45) is 0 Å². The number of nitrogens with zero attached hydrogens (tertiary/aromatic N) is 1. The van der Waals surface area contributed by atoms with Gasteiger partial charge in [0, 0.05) is 19.1 Å². The van der Waals surface area contributed by atoms with Gasteiger partial charge in [-0.2, -0.15) is 13.2 Å². The first-order valence-electron chi connectivity index (χ1n) is 7.58. The average molecular weight is 300 g/mol. The lowest BCUT2D eigenvalue weighted by molar-refractivity contribution is -0.138. The molecule has 21 heavy (non-hydrogen) atoms. The minimum Gasteiger partial charge on any atom is -0.311 e. The van der Waals surface area contributed by atoms with Crippen LogP contribution in [0.5, 0.6) is 0 Å². The van der Waals surface area contributed by atoms with Gasteiger partial charge in [-0.05, 0) is 44.5 Å². The van der Waals surface area contributed by atoms with E-state index in [9.17, 15) is 13.2 Å². The van der Waals surface area contributed by atoms with Crippen molar-refractivity contribution in [2.45, 2.75) is 44.9 Å². The third-order valence-electron chi connectivity index (χ3n) is 4.09. The first-order chi connectivity index (χ1) is 9.98. The Hall–Kier alpha value is -1.07. The van der Waals surface area contributed by atoms with Crippen molar-refractivity contribution < 1.29 is 13.2 Å². The van der Waals surface area contributed by atoms with E-state index in [4.69, 9.17) is 0 Å². The molecule has 1 aliphatic heterocycles. The summed E-state index contributed by atoms with van der Waals surface area (Å²) >= 11 is 0. The van der Waals surface area contributed by atoms with Crippen LogP contribution in [0, 0.1) is 0 Å². The highest BCUT2D eigenvalue weighted by Crippen LogP contribution is 2.31. The molecule has 1 aliphatic rings. The summed E-state index contributed by atoms with van der Waals surface area (Å²) in [6, 6.07) is 6.14. The summed E-state index contributed by atoms with van der Waals surface area (Å²) in [6.07, 6.45) is -0.547. The van der Waals surface area contributed by atoms with Crippen molar-refractivity contribution in [3.63, 3.8) is 0 Å². The second kappa shape index (κ2) is 7.27. The molecule has 0 spiro atoms. The molecule has 1 atom stereocenters. The topological polar surface area (TPSA) is 15.3 Å². The maximum atomic E-state index is 12.9. The van der Waals surface area contributed by atoms with E-state index in [1.807, 2.05) is 0 Å². The summed E-state index contributed by atoms with van der Waals surface area (Å²) < 4.78 is 38.7. The van der Waals surface area contributed by atoms with Gasteiger partial charge >= 0.3 is 6.18 Å². The first kappa shape index (κ1) is 16.3.